The first kappa shape index (κ1) is 22.4. The Balaban J connectivity index is 1.32. The molecule has 1 aliphatic heterocycles. The first-order valence-corrected chi connectivity index (χ1v) is 13.2. The van der Waals surface area contributed by atoms with Gasteiger partial charge in [0.2, 0.25) is 15.7 Å². The Kier molecular flexibility index (Phi) is 6.24. The average Bonchev–Trinajstić information content (AvgIpc) is 3.25. The lowest BCUT2D eigenvalue weighted by Crippen LogP contribution is -2.40. The Morgan fingerprint density at radius 3 is 2.15 bits per heavy atom. The molecular formula is C28H28N2O3S. The van der Waals surface area contributed by atoms with Crippen LogP contribution in [0.3, 0.4) is 0 Å². The van der Waals surface area contributed by atoms with Crippen molar-refractivity contribution in [3.05, 3.63) is 96.7 Å². The van der Waals surface area contributed by atoms with E-state index in [-0.39, 0.29) is 22.2 Å². The molecule has 0 spiro atoms. The summed E-state index contributed by atoms with van der Waals surface area (Å²) >= 11 is 0. The third-order valence-electron chi connectivity index (χ3n) is 6.74. The molecule has 174 valence electrons. The maximum Gasteiger partial charge on any atom is 0.242 e. The monoisotopic (exact) mass is 472 g/mol. The van der Waals surface area contributed by atoms with Crippen LogP contribution in [0.4, 0.5) is 0 Å². The third kappa shape index (κ3) is 4.50. The number of piperidine rings is 1. The van der Waals surface area contributed by atoms with Crippen LogP contribution in [0.5, 0.6) is 0 Å². The van der Waals surface area contributed by atoms with Crippen molar-refractivity contribution >= 4 is 26.6 Å². The molecule has 0 radical (unpaired) electrons. The molecule has 5 nitrogen and oxygen atoms in total. The van der Waals surface area contributed by atoms with Crippen LogP contribution >= 0.6 is 0 Å². The SMILES string of the molecule is O=C(Cn1cc(S(=O)(=O)c2ccccc2)c2ccccc21)N1CCC(Cc2ccccc2)CC1. The average molecular weight is 473 g/mol. The molecule has 1 amide bonds. The molecule has 1 fully saturated rings. The van der Waals surface area contributed by atoms with Crippen LogP contribution in [0, 0.1) is 5.92 Å². The standard InChI is InChI=1S/C28H28N2O3S/c31-28(29-17-15-23(16-18-29)19-22-9-3-1-4-10-22)21-30-20-27(25-13-7-8-14-26(25)30)34(32,33)24-11-5-2-6-12-24/h1-14,20,23H,15-19,21H2. The number of sulfone groups is 1. The molecule has 0 saturated carbocycles. The quantitative estimate of drug-likeness (QED) is 0.399. The summed E-state index contributed by atoms with van der Waals surface area (Å²) in [4.78, 5) is 15.6. The second kappa shape index (κ2) is 9.47. The smallest absolute Gasteiger partial charge is 0.242 e. The normalized spacial score (nSPS) is 15.0. The molecule has 3 aromatic carbocycles. The molecule has 0 N–H and O–H groups in total. The van der Waals surface area contributed by atoms with Gasteiger partial charge in [-0.3, -0.25) is 4.79 Å². The van der Waals surface area contributed by atoms with Gasteiger partial charge in [-0.15, -0.1) is 0 Å². The number of fused-ring (bicyclic) bond motifs is 1. The number of hydrogen-bond acceptors (Lipinski definition) is 3. The highest BCUT2D eigenvalue weighted by molar-refractivity contribution is 7.91. The number of likely N-dealkylation sites (tertiary alicyclic amines) is 1. The van der Waals surface area contributed by atoms with Crippen molar-refractivity contribution in [2.45, 2.75) is 35.6 Å². The van der Waals surface area contributed by atoms with Gasteiger partial charge >= 0.3 is 0 Å². The summed E-state index contributed by atoms with van der Waals surface area (Å²) in [5, 5.41) is 0.640. The van der Waals surface area contributed by atoms with E-state index in [0.717, 1.165) is 37.9 Å². The minimum Gasteiger partial charge on any atom is -0.341 e. The molecule has 1 saturated heterocycles. The van der Waals surface area contributed by atoms with E-state index < -0.39 is 9.84 Å². The van der Waals surface area contributed by atoms with E-state index in [9.17, 15) is 13.2 Å². The summed E-state index contributed by atoms with van der Waals surface area (Å²) in [7, 11) is -3.69. The lowest BCUT2D eigenvalue weighted by molar-refractivity contribution is -0.133. The zero-order valence-corrected chi connectivity index (χ0v) is 19.8. The first-order valence-electron chi connectivity index (χ1n) is 11.7. The first-order chi connectivity index (χ1) is 16.5. The van der Waals surface area contributed by atoms with Gasteiger partial charge in [-0.2, -0.15) is 0 Å². The fourth-order valence-corrected chi connectivity index (χ4v) is 6.36. The second-order valence-corrected chi connectivity index (χ2v) is 10.9. The van der Waals surface area contributed by atoms with Crippen molar-refractivity contribution in [3.8, 4) is 0 Å². The Bertz CT molecular complexity index is 1390. The molecule has 2 heterocycles. The lowest BCUT2D eigenvalue weighted by Gasteiger charge is -2.32. The Morgan fingerprint density at radius 1 is 0.824 bits per heavy atom. The van der Waals surface area contributed by atoms with E-state index in [1.54, 1.807) is 47.2 Å². The highest BCUT2D eigenvalue weighted by Crippen LogP contribution is 2.30. The van der Waals surface area contributed by atoms with Gasteiger partial charge in [0, 0.05) is 30.2 Å². The maximum atomic E-state index is 13.3. The van der Waals surface area contributed by atoms with Crippen LogP contribution < -0.4 is 0 Å². The van der Waals surface area contributed by atoms with Crippen molar-refractivity contribution in [3.63, 3.8) is 0 Å². The minimum absolute atomic E-state index is 0.0302. The summed E-state index contributed by atoms with van der Waals surface area (Å²) < 4.78 is 28.4. The third-order valence-corrected chi connectivity index (χ3v) is 8.53. The van der Waals surface area contributed by atoms with Gasteiger partial charge in [0.15, 0.2) is 0 Å². The van der Waals surface area contributed by atoms with Gasteiger partial charge in [0.1, 0.15) is 6.54 Å². The zero-order valence-electron chi connectivity index (χ0n) is 19.0. The molecule has 0 unspecified atom stereocenters. The molecule has 5 rings (SSSR count). The number of benzene rings is 3. The van der Waals surface area contributed by atoms with Crippen molar-refractivity contribution in [2.75, 3.05) is 13.1 Å². The van der Waals surface area contributed by atoms with Crippen LogP contribution in [0.2, 0.25) is 0 Å². The summed E-state index contributed by atoms with van der Waals surface area (Å²) in [6.45, 7) is 1.61. The number of para-hydroxylation sites is 1. The van der Waals surface area contributed by atoms with Crippen molar-refractivity contribution < 1.29 is 13.2 Å². The highest BCUT2D eigenvalue weighted by Gasteiger charge is 2.26. The van der Waals surface area contributed by atoms with Crippen LogP contribution in [-0.2, 0) is 27.6 Å². The molecule has 6 heteroatoms. The van der Waals surface area contributed by atoms with Gasteiger partial charge in [0.05, 0.1) is 9.79 Å². The molecular weight excluding hydrogens is 444 g/mol. The molecule has 0 atom stereocenters. The van der Waals surface area contributed by atoms with Crippen molar-refractivity contribution in [1.29, 1.82) is 0 Å². The summed E-state index contributed by atoms with van der Waals surface area (Å²) in [6.07, 6.45) is 4.64. The highest BCUT2D eigenvalue weighted by atomic mass is 32.2. The van der Waals surface area contributed by atoms with E-state index in [2.05, 4.69) is 24.3 Å². The largest absolute Gasteiger partial charge is 0.341 e. The molecule has 0 bridgehead atoms. The van der Waals surface area contributed by atoms with E-state index >= 15 is 0 Å². The zero-order chi connectivity index (χ0) is 23.5. The number of aromatic nitrogens is 1. The van der Waals surface area contributed by atoms with E-state index in [1.807, 2.05) is 29.2 Å². The van der Waals surface area contributed by atoms with Gasteiger partial charge < -0.3 is 9.47 Å². The molecule has 1 aromatic heterocycles. The molecule has 0 aliphatic carbocycles. The number of hydrogen-bond donors (Lipinski definition) is 0. The predicted molar refractivity (Wildman–Crippen MR) is 133 cm³/mol. The van der Waals surface area contributed by atoms with Crippen LogP contribution in [0.1, 0.15) is 18.4 Å². The Hall–Kier alpha value is -3.38. The topological polar surface area (TPSA) is 59.4 Å². The second-order valence-electron chi connectivity index (χ2n) is 8.97. The molecule has 1 aliphatic rings. The lowest BCUT2D eigenvalue weighted by atomic mass is 9.90. The summed E-state index contributed by atoms with van der Waals surface area (Å²) in [6, 6.07) is 26.3. The predicted octanol–water partition coefficient (Wildman–Crippen LogP) is 4.96. The van der Waals surface area contributed by atoms with Crippen LogP contribution in [-0.4, -0.2) is 36.9 Å². The van der Waals surface area contributed by atoms with Gasteiger partial charge in [-0.25, -0.2) is 8.42 Å². The van der Waals surface area contributed by atoms with Crippen LogP contribution in [0.15, 0.2) is 101 Å². The Morgan fingerprint density at radius 2 is 1.44 bits per heavy atom. The molecule has 34 heavy (non-hydrogen) atoms. The van der Waals surface area contributed by atoms with Gasteiger partial charge in [0.25, 0.3) is 0 Å². The van der Waals surface area contributed by atoms with Crippen LogP contribution in [0.25, 0.3) is 10.9 Å². The molecule has 4 aromatic rings. The fourth-order valence-electron chi connectivity index (χ4n) is 4.86. The van der Waals surface area contributed by atoms with E-state index in [4.69, 9.17) is 0 Å². The minimum atomic E-state index is -3.69. The van der Waals surface area contributed by atoms with Crippen molar-refractivity contribution in [1.82, 2.24) is 9.47 Å². The number of carbonyl (C=O) groups is 1. The summed E-state index contributed by atoms with van der Waals surface area (Å²) in [5.41, 5.74) is 2.10. The summed E-state index contributed by atoms with van der Waals surface area (Å²) in [5.74, 6) is 0.615. The van der Waals surface area contributed by atoms with E-state index in [0.29, 0.717) is 11.3 Å². The van der Waals surface area contributed by atoms with E-state index in [1.165, 1.54) is 5.56 Å². The Labute approximate surface area is 200 Å². The van der Waals surface area contributed by atoms with Gasteiger partial charge in [-0.1, -0.05) is 66.7 Å². The number of nitrogens with zero attached hydrogens (tertiary/aromatic N) is 2. The van der Waals surface area contributed by atoms with Gasteiger partial charge in [-0.05, 0) is 48.9 Å². The number of rotatable bonds is 6. The fraction of sp³-hybridized carbons (Fsp3) is 0.250. The number of carbonyl (C=O) groups excluding carboxylic acids is 1. The number of amides is 1. The van der Waals surface area contributed by atoms with Crippen molar-refractivity contribution in [2.24, 2.45) is 5.92 Å². The maximum absolute atomic E-state index is 13.3.